The van der Waals surface area contributed by atoms with Gasteiger partial charge in [-0.2, -0.15) is 0 Å². The molecule has 3 nitrogen and oxygen atoms in total. The number of likely N-dealkylation sites (N-methyl/N-ethyl adjacent to an activating group) is 1. The summed E-state index contributed by atoms with van der Waals surface area (Å²) in [5.41, 5.74) is 2.45. The molecule has 1 saturated heterocycles. The van der Waals surface area contributed by atoms with Crippen LogP contribution in [0.3, 0.4) is 0 Å². The van der Waals surface area contributed by atoms with Gasteiger partial charge in [-0.15, -0.1) is 0 Å². The Hall–Kier alpha value is -1.06. The molecule has 1 aliphatic carbocycles. The van der Waals surface area contributed by atoms with E-state index in [9.17, 15) is 5.11 Å². The van der Waals surface area contributed by atoms with Crippen LogP contribution in [-0.2, 0) is 6.42 Å². The Morgan fingerprint density at radius 2 is 2.28 bits per heavy atom. The zero-order valence-electron chi connectivity index (χ0n) is 11.0. The Balaban J connectivity index is 1.64. The van der Waals surface area contributed by atoms with Gasteiger partial charge in [-0.3, -0.25) is 0 Å². The van der Waals surface area contributed by atoms with Crippen LogP contribution in [0.4, 0.5) is 0 Å². The summed E-state index contributed by atoms with van der Waals surface area (Å²) in [5.74, 6) is 0.467. The standard InChI is InChI=1S/C15H22N2O/c1-17-9-3-4-11(17)10-16-14-8-7-13-12(14)5-2-6-15(13)18/h2,5-6,11,14,16,18H,3-4,7-10H2,1H3. The van der Waals surface area contributed by atoms with E-state index in [-0.39, 0.29) is 0 Å². The van der Waals surface area contributed by atoms with Crippen molar-refractivity contribution in [3.63, 3.8) is 0 Å². The Labute approximate surface area is 109 Å². The molecule has 0 radical (unpaired) electrons. The molecule has 2 atom stereocenters. The fourth-order valence-corrected chi connectivity index (χ4v) is 3.36. The van der Waals surface area contributed by atoms with Gasteiger partial charge < -0.3 is 15.3 Å². The number of phenols is 1. The first-order chi connectivity index (χ1) is 8.75. The van der Waals surface area contributed by atoms with E-state index >= 15 is 0 Å². The zero-order chi connectivity index (χ0) is 12.5. The van der Waals surface area contributed by atoms with E-state index in [1.807, 2.05) is 6.07 Å². The van der Waals surface area contributed by atoms with Gasteiger partial charge in [-0.25, -0.2) is 0 Å². The van der Waals surface area contributed by atoms with Crippen molar-refractivity contribution < 1.29 is 5.11 Å². The molecular weight excluding hydrogens is 224 g/mol. The average Bonchev–Trinajstić information content (AvgIpc) is 2.94. The van der Waals surface area contributed by atoms with Gasteiger partial charge in [0.2, 0.25) is 0 Å². The number of likely N-dealkylation sites (tertiary alicyclic amines) is 1. The predicted octanol–water partition coefficient (Wildman–Crippen LogP) is 2.06. The van der Waals surface area contributed by atoms with Crippen LogP contribution < -0.4 is 5.32 Å². The van der Waals surface area contributed by atoms with E-state index < -0.39 is 0 Å². The van der Waals surface area contributed by atoms with E-state index in [1.54, 1.807) is 6.07 Å². The van der Waals surface area contributed by atoms with Gasteiger partial charge in [0.05, 0.1) is 0 Å². The highest BCUT2D eigenvalue weighted by molar-refractivity contribution is 5.44. The lowest BCUT2D eigenvalue weighted by Crippen LogP contribution is -2.36. The molecule has 2 N–H and O–H groups in total. The number of fused-ring (bicyclic) bond motifs is 1. The van der Waals surface area contributed by atoms with E-state index in [0.717, 1.165) is 24.9 Å². The summed E-state index contributed by atoms with van der Waals surface area (Å²) in [6, 6.07) is 7.02. The number of hydrogen-bond acceptors (Lipinski definition) is 3. The highest BCUT2D eigenvalue weighted by atomic mass is 16.3. The summed E-state index contributed by atoms with van der Waals surface area (Å²) in [6.45, 7) is 2.30. The molecule has 0 saturated carbocycles. The van der Waals surface area contributed by atoms with Crippen LogP contribution in [0.25, 0.3) is 0 Å². The maximum atomic E-state index is 9.83. The molecule has 1 aromatic carbocycles. The van der Waals surface area contributed by atoms with Crippen LogP contribution in [-0.4, -0.2) is 36.2 Å². The van der Waals surface area contributed by atoms with Crippen molar-refractivity contribution in [3.8, 4) is 5.75 Å². The molecule has 0 spiro atoms. The number of nitrogens with zero attached hydrogens (tertiary/aromatic N) is 1. The maximum Gasteiger partial charge on any atom is 0.119 e. The molecule has 1 aromatic rings. The molecule has 1 heterocycles. The second kappa shape index (κ2) is 4.90. The van der Waals surface area contributed by atoms with Crippen LogP contribution in [0, 0.1) is 0 Å². The molecule has 2 unspecified atom stereocenters. The number of nitrogens with one attached hydrogen (secondary N) is 1. The number of rotatable bonds is 3. The monoisotopic (exact) mass is 246 g/mol. The second-order valence-corrected chi connectivity index (χ2v) is 5.62. The fraction of sp³-hybridized carbons (Fsp3) is 0.600. The highest BCUT2D eigenvalue weighted by Gasteiger charge is 2.26. The second-order valence-electron chi connectivity index (χ2n) is 5.62. The van der Waals surface area contributed by atoms with E-state index in [1.165, 1.54) is 24.9 Å². The summed E-state index contributed by atoms with van der Waals surface area (Å²) in [5, 5.41) is 13.5. The van der Waals surface area contributed by atoms with E-state index in [2.05, 4.69) is 23.3 Å². The van der Waals surface area contributed by atoms with Crippen molar-refractivity contribution >= 4 is 0 Å². The molecule has 1 aliphatic heterocycles. The van der Waals surface area contributed by atoms with E-state index in [4.69, 9.17) is 0 Å². The SMILES string of the molecule is CN1CCCC1CNC1CCc2c(O)cccc21. The van der Waals surface area contributed by atoms with Crippen LogP contribution in [0.5, 0.6) is 5.75 Å². The Kier molecular flexibility index (Phi) is 3.27. The lowest BCUT2D eigenvalue weighted by molar-refractivity contribution is 0.291. The Bertz CT molecular complexity index is 433. The van der Waals surface area contributed by atoms with Crippen LogP contribution in [0.2, 0.25) is 0 Å². The molecule has 98 valence electrons. The van der Waals surface area contributed by atoms with Crippen molar-refractivity contribution in [1.29, 1.82) is 0 Å². The molecule has 0 bridgehead atoms. The summed E-state index contributed by atoms with van der Waals surface area (Å²) >= 11 is 0. The molecule has 3 rings (SSSR count). The largest absolute Gasteiger partial charge is 0.508 e. The lowest BCUT2D eigenvalue weighted by Gasteiger charge is -2.22. The minimum absolute atomic E-state index is 0.432. The third-order valence-corrected chi connectivity index (χ3v) is 4.52. The fourth-order valence-electron chi connectivity index (χ4n) is 3.36. The van der Waals surface area contributed by atoms with Crippen LogP contribution in [0.15, 0.2) is 18.2 Å². The lowest BCUT2D eigenvalue weighted by atomic mass is 10.1. The molecule has 18 heavy (non-hydrogen) atoms. The first kappa shape index (κ1) is 12.0. The van der Waals surface area contributed by atoms with Crippen LogP contribution in [0.1, 0.15) is 36.4 Å². The third-order valence-electron chi connectivity index (χ3n) is 4.52. The van der Waals surface area contributed by atoms with Crippen LogP contribution >= 0.6 is 0 Å². The Morgan fingerprint density at radius 3 is 3.06 bits per heavy atom. The summed E-state index contributed by atoms with van der Waals surface area (Å²) in [4.78, 5) is 2.45. The van der Waals surface area contributed by atoms with Crippen molar-refractivity contribution in [2.24, 2.45) is 0 Å². The molecule has 3 heteroatoms. The predicted molar refractivity (Wildman–Crippen MR) is 72.8 cm³/mol. The zero-order valence-corrected chi connectivity index (χ0v) is 11.0. The number of hydrogen-bond donors (Lipinski definition) is 2. The Morgan fingerprint density at radius 1 is 1.39 bits per heavy atom. The van der Waals surface area contributed by atoms with E-state index in [0.29, 0.717) is 17.8 Å². The highest BCUT2D eigenvalue weighted by Crippen LogP contribution is 2.36. The molecule has 0 amide bonds. The van der Waals surface area contributed by atoms with Crippen molar-refractivity contribution in [3.05, 3.63) is 29.3 Å². The third kappa shape index (κ3) is 2.13. The number of aromatic hydroxyl groups is 1. The van der Waals surface area contributed by atoms with Gasteiger partial charge in [-0.1, -0.05) is 12.1 Å². The maximum absolute atomic E-state index is 9.83. The quantitative estimate of drug-likeness (QED) is 0.857. The van der Waals surface area contributed by atoms with Gasteiger partial charge in [0.1, 0.15) is 5.75 Å². The number of phenolic OH excluding ortho intramolecular Hbond substituents is 1. The van der Waals surface area contributed by atoms with Gasteiger partial charge in [0.25, 0.3) is 0 Å². The molecular formula is C15H22N2O. The molecule has 1 fully saturated rings. The van der Waals surface area contributed by atoms with Gasteiger partial charge in [0, 0.05) is 18.6 Å². The first-order valence-electron chi connectivity index (χ1n) is 7.00. The molecule has 2 aliphatic rings. The summed E-state index contributed by atoms with van der Waals surface area (Å²) in [6.07, 6.45) is 4.75. The summed E-state index contributed by atoms with van der Waals surface area (Å²) in [7, 11) is 2.22. The topological polar surface area (TPSA) is 35.5 Å². The summed E-state index contributed by atoms with van der Waals surface area (Å²) < 4.78 is 0. The first-order valence-corrected chi connectivity index (χ1v) is 7.00. The van der Waals surface area contributed by atoms with Gasteiger partial charge in [-0.05, 0) is 56.5 Å². The van der Waals surface area contributed by atoms with Gasteiger partial charge in [0.15, 0.2) is 0 Å². The van der Waals surface area contributed by atoms with Gasteiger partial charge >= 0.3 is 0 Å². The minimum Gasteiger partial charge on any atom is -0.508 e. The average molecular weight is 246 g/mol. The van der Waals surface area contributed by atoms with Crippen molar-refractivity contribution in [2.45, 2.75) is 37.8 Å². The molecule has 0 aromatic heterocycles. The van der Waals surface area contributed by atoms with Crippen molar-refractivity contribution in [1.82, 2.24) is 10.2 Å². The number of benzene rings is 1. The minimum atomic E-state index is 0.432. The smallest absolute Gasteiger partial charge is 0.119 e. The van der Waals surface area contributed by atoms with Crippen molar-refractivity contribution in [2.75, 3.05) is 20.1 Å². The normalized spacial score (nSPS) is 27.6.